The Kier molecular flexibility index (Phi) is 5.41. The van der Waals surface area contributed by atoms with Crippen LogP contribution in [0.1, 0.15) is 32.3 Å². The van der Waals surface area contributed by atoms with Crippen molar-refractivity contribution in [1.82, 2.24) is 10.2 Å². The number of carbonyl (C=O) groups excluding carboxylic acids is 1. The SMILES string of the molecule is CC[C@@H]1CN(C(=O)OCc2ccccc2)[C@H](CC)CN1. The van der Waals surface area contributed by atoms with Crippen molar-refractivity contribution in [2.75, 3.05) is 13.1 Å². The van der Waals surface area contributed by atoms with Gasteiger partial charge in [-0.05, 0) is 18.4 Å². The number of hydrogen-bond acceptors (Lipinski definition) is 3. The lowest BCUT2D eigenvalue weighted by atomic mass is 10.1. The maximum absolute atomic E-state index is 12.3. The number of nitrogens with zero attached hydrogens (tertiary/aromatic N) is 1. The summed E-state index contributed by atoms with van der Waals surface area (Å²) in [7, 11) is 0. The highest BCUT2D eigenvalue weighted by Gasteiger charge is 2.30. The minimum atomic E-state index is -0.194. The zero-order valence-electron chi connectivity index (χ0n) is 12.3. The molecule has 110 valence electrons. The van der Waals surface area contributed by atoms with E-state index in [-0.39, 0.29) is 12.1 Å². The third kappa shape index (κ3) is 3.73. The molecular weight excluding hydrogens is 252 g/mol. The van der Waals surface area contributed by atoms with Crippen LogP contribution in [0, 0.1) is 0 Å². The van der Waals surface area contributed by atoms with Crippen molar-refractivity contribution in [3.8, 4) is 0 Å². The van der Waals surface area contributed by atoms with E-state index < -0.39 is 0 Å². The molecule has 4 heteroatoms. The molecule has 0 saturated carbocycles. The lowest BCUT2D eigenvalue weighted by Crippen LogP contribution is -2.57. The Labute approximate surface area is 121 Å². The van der Waals surface area contributed by atoms with Crippen LogP contribution in [0.5, 0.6) is 0 Å². The molecule has 1 aromatic carbocycles. The smallest absolute Gasteiger partial charge is 0.410 e. The number of benzene rings is 1. The van der Waals surface area contributed by atoms with Gasteiger partial charge in [-0.1, -0.05) is 44.2 Å². The molecule has 2 atom stereocenters. The molecule has 1 fully saturated rings. The Hall–Kier alpha value is -1.55. The number of amides is 1. The van der Waals surface area contributed by atoms with Crippen LogP contribution >= 0.6 is 0 Å². The van der Waals surface area contributed by atoms with Crippen molar-refractivity contribution in [3.05, 3.63) is 35.9 Å². The molecule has 20 heavy (non-hydrogen) atoms. The molecule has 2 rings (SSSR count). The van der Waals surface area contributed by atoms with Gasteiger partial charge in [0.1, 0.15) is 6.61 Å². The van der Waals surface area contributed by atoms with Crippen LogP contribution in [0.25, 0.3) is 0 Å². The molecular formula is C16H24N2O2. The lowest BCUT2D eigenvalue weighted by molar-refractivity contribution is 0.0616. The third-order valence-electron chi connectivity index (χ3n) is 3.90. The zero-order valence-corrected chi connectivity index (χ0v) is 12.3. The first-order chi connectivity index (χ1) is 9.74. The minimum Gasteiger partial charge on any atom is -0.445 e. The highest BCUT2D eigenvalue weighted by molar-refractivity contribution is 5.68. The molecule has 0 spiro atoms. The second kappa shape index (κ2) is 7.29. The molecule has 1 amide bonds. The van der Waals surface area contributed by atoms with E-state index in [2.05, 4.69) is 19.2 Å². The Morgan fingerprint density at radius 2 is 2.05 bits per heavy atom. The molecule has 1 heterocycles. The Morgan fingerprint density at radius 3 is 2.70 bits per heavy atom. The molecule has 0 unspecified atom stereocenters. The van der Waals surface area contributed by atoms with Crippen LogP contribution in [-0.2, 0) is 11.3 Å². The van der Waals surface area contributed by atoms with Crippen LogP contribution in [0.3, 0.4) is 0 Å². The summed E-state index contributed by atoms with van der Waals surface area (Å²) in [5.74, 6) is 0. The van der Waals surface area contributed by atoms with E-state index in [1.54, 1.807) is 0 Å². The highest BCUT2D eigenvalue weighted by atomic mass is 16.6. The molecule has 1 N–H and O–H groups in total. The minimum absolute atomic E-state index is 0.194. The molecule has 1 saturated heterocycles. The number of nitrogens with one attached hydrogen (secondary N) is 1. The predicted octanol–water partition coefficient (Wildman–Crippen LogP) is 2.79. The first-order valence-corrected chi connectivity index (χ1v) is 7.45. The molecule has 0 bridgehead atoms. The van der Waals surface area contributed by atoms with Gasteiger partial charge >= 0.3 is 6.09 Å². The molecule has 1 aliphatic heterocycles. The fraction of sp³-hybridized carbons (Fsp3) is 0.562. The number of ether oxygens (including phenoxy) is 1. The van der Waals surface area contributed by atoms with Crippen molar-refractivity contribution in [3.63, 3.8) is 0 Å². The normalized spacial score (nSPS) is 22.6. The van der Waals surface area contributed by atoms with E-state index in [9.17, 15) is 4.79 Å². The van der Waals surface area contributed by atoms with Gasteiger partial charge in [0.05, 0.1) is 0 Å². The number of rotatable bonds is 4. The first kappa shape index (κ1) is 14.9. The summed E-state index contributed by atoms with van der Waals surface area (Å²) in [4.78, 5) is 14.2. The number of piperazine rings is 1. The average Bonchev–Trinajstić information content (AvgIpc) is 2.52. The van der Waals surface area contributed by atoms with Crippen LogP contribution in [-0.4, -0.2) is 36.2 Å². The monoisotopic (exact) mass is 276 g/mol. The topological polar surface area (TPSA) is 41.6 Å². The van der Waals surface area contributed by atoms with Crippen molar-refractivity contribution >= 4 is 6.09 Å². The second-order valence-electron chi connectivity index (χ2n) is 5.27. The number of hydrogen-bond donors (Lipinski definition) is 1. The van der Waals surface area contributed by atoms with Gasteiger partial charge in [0.25, 0.3) is 0 Å². The van der Waals surface area contributed by atoms with Crippen molar-refractivity contribution in [1.29, 1.82) is 0 Å². The van der Waals surface area contributed by atoms with Gasteiger partial charge in [0.2, 0.25) is 0 Å². The van der Waals surface area contributed by atoms with Gasteiger partial charge in [-0.3, -0.25) is 0 Å². The molecule has 0 aromatic heterocycles. The van der Waals surface area contributed by atoms with E-state index in [1.165, 1.54) is 0 Å². The summed E-state index contributed by atoms with van der Waals surface area (Å²) in [6.45, 7) is 6.18. The predicted molar refractivity (Wildman–Crippen MR) is 79.5 cm³/mol. The van der Waals surface area contributed by atoms with E-state index in [0.29, 0.717) is 12.6 Å². The average molecular weight is 276 g/mol. The van der Waals surface area contributed by atoms with Gasteiger partial charge in [0.15, 0.2) is 0 Å². The Balaban J connectivity index is 1.91. The van der Waals surface area contributed by atoms with Crippen LogP contribution in [0.4, 0.5) is 4.79 Å². The quantitative estimate of drug-likeness (QED) is 0.919. The maximum atomic E-state index is 12.3. The fourth-order valence-electron chi connectivity index (χ4n) is 2.53. The second-order valence-corrected chi connectivity index (χ2v) is 5.27. The summed E-state index contributed by atoms with van der Waals surface area (Å²) < 4.78 is 5.45. The largest absolute Gasteiger partial charge is 0.445 e. The van der Waals surface area contributed by atoms with Gasteiger partial charge in [-0.2, -0.15) is 0 Å². The summed E-state index contributed by atoms with van der Waals surface area (Å²) in [5, 5.41) is 3.48. The maximum Gasteiger partial charge on any atom is 0.410 e. The molecule has 0 aliphatic carbocycles. The van der Waals surface area contributed by atoms with E-state index in [0.717, 1.165) is 31.5 Å². The lowest BCUT2D eigenvalue weighted by Gasteiger charge is -2.39. The molecule has 4 nitrogen and oxygen atoms in total. The van der Waals surface area contributed by atoms with Crippen molar-refractivity contribution in [2.24, 2.45) is 0 Å². The molecule has 0 radical (unpaired) electrons. The van der Waals surface area contributed by atoms with E-state index >= 15 is 0 Å². The zero-order chi connectivity index (χ0) is 14.4. The van der Waals surface area contributed by atoms with Gasteiger partial charge in [0, 0.05) is 25.2 Å². The van der Waals surface area contributed by atoms with Gasteiger partial charge in [-0.25, -0.2) is 4.79 Å². The van der Waals surface area contributed by atoms with Gasteiger partial charge < -0.3 is 15.0 Å². The van der Waals surface area contributed by atoms with E-state index in [4.69, 9.17) is 4.74 Å². The van der Waals surface area contributed by atoms with Crippen molar-refractivity contribution in [2.45, 2.75) is 45.4 Å². The highest BCUT2D eigenvalue weighted by Crippen LogP contribution is 2.14. The third-order valence-corrected chi connectivity index (χ3v) is 3.90. The first-order valence-electron chi connectivity index (χ1n) is 7.45. The summed E-state index contributed by atoms with van der Waals surface area (Å²) >= 11 is 0. The molecule has 1 aliphatic rings. The van der Waals surface area contributed by atoms with Crippen LogP contribution in [0.15, 0.2) is 30.3 Å². The van der Waals surface area contributed by atoms with Gasteiger partial charge in [-0.15, -0.1) is 0 Å². The Morgan fingerprint density at radius 1 is 1.30 bits per heavy atom. The standard InChI is InChI=1S/C16H24N2O2/c1-3-14-11-18(15(4-2)10-17-14)16(19)20-12-13-8-6-5-7-9-13/h5-9,14-15,17H,3-4,10-12H2,1-2H3/t14-,15-/m1/s1. The summed E-state index contributed by atoms with van der Waals surface area (Å²) in [6, 6.07) is 10.4. The van der Waals surface area contributed by atoms with E-state index in [1.807, 2.05) is 35.2 Å². The Bertz CT molecular complexity index is 422. The summed E-state index contributed by atoms with van der Waals surface area (Å²) in [6.07, 6.45) is 1.78. The fourth-order valence-corrected chi connectivity index (χ4v) is 2.53. The molecule has 1 aromatic rings. The van der Waals surface area contributed by atoms with Crippen LogP contribution in [0.2, 0.25) is 0 Å². The summed E-state index contributed by atoms with van der Waals surface area (Å²) in [5.41, 5.74) is 1.02. The van der Waals surface area contributed by atoms with Crippen LogP contribution < -0.4 is 5.32 Å². The number of carbonyl (C=O) groups is 1. The van der Waals surface area contributed by atoms with Crippen molar-refractivity contribution < 1.29 is 9.53 Å².